The number of nitrogens with one attached hydrogen (secondary N) is 1. The van der Waals surface area contributed by atoms with Crippen molar-refractivity contribution in [2.45, 2.75) is 26.0 Å². The highest BCUT2D eigenvalue weighted by Gasteiger charge is 2.05. The van der Waals surface area contributed by atoms with Gasteiger partial charge in [0.25, 0.3) is 0 Å². The number of rotatable bonds is 8. The zero-order chi connectivity index (χ0) is 12.5. The van der Waals surface area contributed by atoms with Gasteiger partial charge in [0.15, 0.2) is 0 Å². The molecule has 1 aromatic rings. The van der Waals surface area contributed by atoms with Gasteiger partial charge in [0.2, 0.25) is 0 Å². The zero-order valence-electron chi connectivity index (χ0n) is 10.1. The number of hydrogen-bond donors (Lipinski definition) is 2. The van der Waals surface area contributed by atoms with Crippen LogP contribution in [0.15, 0.2) is 30.3 Å². The Balaban J connectivity index is 2.03. The average molecular weight is 237 g/mol. The van der Waals surface area contributed by atoms with Crippen molar-refractivity contribution in [1.82, 2.24) is 5.32 Å². The van der Waals surface area contributed by atoms with Crippen LogP contribution in [-0.4, -0.2) is 30.3 Å². The molecule has 0 saturated heterocycles. The van der Waals surface area contributed by atoms with Crippen molar-refractivity contribution in [3.05, 3.63) is 35.9 Å². The van der Waals surface area contributed by atoms with Crippen molar-refractivity contribution < 1.29 is 14.6 Å². The van der Waals surface area contributed by atoms with E-state index in [1.165, 1.54) is 0 Å². The Morgan fingerprint density at radius 3 is 2.76 bits per heavy atom. The second-order valence-corrected chi connectivity index (χ2v) is 3.99. The molecule has 0 saturated carbocycles. The number of aliphatic carboxylic acids is 1. The molecule has 0 aliphatic rings. The summed E-state index contributed by atoms with van der Waals surface area (Å²) in [6, 6.07) is 9.94. The fourth-order valence-corrected chi connectivity index (χ4v) is 1.48. The molecule has 0 fully saturated rings. The standard InChI is InChI=1S/C13H19NO3/c1-11(9-13(15)16)14-7-8-17-10-12-5-3-2-4-6-12/h2-6,11,14H,7-10H2,1H3,(H,15,16). The summed E-state index contributed by atoms with van der Waals surface area (Å²) in [6.45, 7) is 3.70. The van der Waals surface area contributed by atoms with Crippen LogP contribution in [0.4, 0.5) is 0 Å². The Morgan fingerprint density at radius 2 is 2.12 bits per heavy atom. The molecule has 1 atom stereocenters. The van der Waals surface area contributed by atoms with Crippen LogP contribution in [0, 0.1) is 0 Å². The van der Waals surface area contributed by atoms with E-state index in [4.69, 9.17) is 9.84 Å². The van der Waals surface area contributed by atoms with Crippen LogP contribution in [0.25, 0.3) is 0 Å². The molecule has 1 aromatic carbocycles. The van der Waals surface area contributed by atoms with Crippen molar-refractivity contribution >= 4 is 5.97 Å². The van der Waals surface area contributed by atoms with E-state index in [1.807, 2.05) is 37.3 Å². The van der Waals surface area contributed by atoms with Crippen LogP contribution in [0.2, 0.25) is 0 Å². The molecule has 0 aliphatic heterocycles. The van der Waals surface area contributed by atoms with Gasteiger partial charge in [0.1, 0.15) is 0 Å². The summed E-state index contributed by atoms with van der Waals surface area (Å²) in [5.74, 6) is -0.782. The number of benzene rings is 1. The molecule has 17 heavy (non-hydrogen) atoms. The second-order valence-electron chi connectivity index (χ2n) is 3.99. The number of carbonyl (C=O) groups is 1. The van der Waals surface area contributed by atoms with E-state index in [2.05, 4.69) is 5.32 Å². The first-order valence-corrected chi connectivity index (χ1v) is 5.75. The van der Waals surface area contributed by atoms with Crippen molar-refractivity contribution in [2.75, 3.05) is 13.2 Å². The van der Waals surface area contributed by atoms with Gasteiger partial charge in [0, 0.05) is 12.6 Å². The summed E-state index contributed by atoms with van der Waals surface area (Å²) in [4.78, 5) is 10.4. The molecule has 0 spiro atoms. The molecule has 1 rings (SSSR count). The van der Waals surface area contributed by atoms with Crippen LogP contribution in [0.3, 0.4) is 0 Å². The number of carboxylic acids is 1. The van der Waals surface area contributed by atoms with Gasteiger partial charge in [0.05, 0.1) is 19.6 Å². The molecular formula is C13H19NO3. The molecule has 1 unspecified atom stereocenters. The largest absolute Gasteiger partial charge is 0.481 e. The van der Waals surface area contributed by atoms with E-state index in [9.17, 15) is 4.79 Å². The van der Waals surface area contributed by atoms with Gasteiger partial charge in [-0.2, -0.15) is 0 Å². The van der Waals surface area contributed by atoms with Crippen LogP contribution in [0.1, 0.15) is 18.9 Å². The van der Waals surface area contributed by atoms with Gasteiger partial charge in [-0.25, -0.2) is 0 Å². The molecule has 0 heterocycles. The first-order chi connectivity index (χ1) is 8.18. The molecule has 0 amide bonds. The molecule has 4 nitrogen and oxygen atoms in total. The van der Waals surface area contributed by atoms with E-state index >= 15 is 0 Å². The topological polar surface area (TPSA) is 58.6 Å². The number of ether oxygens (including phenoxy) is 1. The van der Waals surface area contributed by atoms with E-state index in [0.717, 1.165) is 5.56 Å². The number of carboxylic acid groups (broad SMARTS) is 1. The van der Waals surface area contributed by atoms with Gasteiger partial charge in [-0.15, -0.1) is 0 Å². The summed E-state index contributed by atoms with van der Waals surface area (Å²) >= 11 is 0. The Bertz CT molecular complexity index is 327. The van der Waals surface area contributed by atoms with Crippen LogP contribution >= 0.6 is 0 Å². The Hall–Kier alpha value is -1.39. The first kappa shape index (κ1) is 13.7. The van der Waals surface area contributed by atoms with Gasteiger partial charge in [-0.1, -0.05) is 30.3 Å². The maximum absolute atomic E-state index is 10.4. The third-order valence-corrected chi connectivity index (χ3v) is 2.33. The highest BCUT2D eigenvalue weighted by molar-refractivity contribution is 5.67. The predicted molar refractivity (Wildman–Crippen MR) is 65.8 cm³/mol. The van der Waals surface area contributed by atoms with Crippen molar-refractivity contribution in [3.8, 4) is 0 Å². The van der Waals surface area contributed by atoms with Crippen molar-refractivity contribution in [2.24, 2.45) is 0 Å². The van der Waals surface area contributed by atoms with E-state index in [1.54, 1.807) is 0 Å². The van der Waals surface area contributed by atoms with Crippen molar-refractivity contribution in [3.63, 3.8) is 0 Å². The molecule has 4 heteroatoms. The van der Waals surface area contributed by atoms with Gasteiger partial charge < -0.3 is 15.2 Å². The maximum Gasteiger partial charge on any atom is 0.304 e. The highest BCUT2D eigenvalue weighted by atomic mass is 16.5. The molecule has 94 valence electrons. The lowest BCUT2D eigenvalue weighted by molar-refractivity contribution is -0.137. The number of hydrogen-bond acceptors (Lipinski definition) is 3. The van der Waals surface area contributed by atoms with Gasteiger partial charge >= 0.3 is 5.97 Å². The minimum atomic E-state index is -0.782. The Labute approximate surface area is 102 Å². The third kappa shape index (κ3) is 6.71. The fraction of sp³-hybridized carbons (Fsp3) is 0.462. The molecule has 0 bridgehead atoms. The fourth-order valence-electron chi connectivity index (χ4n) is 1.48. The molecule has 0 aliphatic carbocycles. The minimum Gasteiger partial charge on any atom is -0.481 e. The third-order valence-electron chi connectivity index (χ3n) is 2.33. The summed E-state index contributed by atoms with van der Waals surface area (Å²) in [5, 5.41) is 11.7. The van der Waals surface area contributed by atoms with E-state index < -0.39 is 5.97 Å². The van der Waals surface area contributed by atoms with Crippen LogP contribution in [0.5, 0.6) is 0 Å². The SMILES string of the molecule is CC(CC(=O)O)NCCOCc1ccccc1. The van der Waals surface area contributed by atoms with Gasteiger partial charge in [-0.3, -0.25) is 4.79 Å². The normalized spacial score (nSPS) is 12.3. The summed E-state index contributed by atoms with van der Waals surface area (Å²) in [5.41, 5.74) is 1.14. The lowest BCUT2D eigenvalue weighted by Gasteiger charge is -2.11. The minimum absolute atomic E-state index is 0.0205. The van der Waals surface area contributed by atoms with Gasteiger partial charge in [-0.05, 0) is 12.5 Å². The smallest absolute Gasteiger partial charge is 0.304 e. The molecule has 0 aromatic heterocycles. The first-order valence-electron chi connectivity index (χ1n) is 5.75. The predicted octanol–water partition coefficient (Wildman–Crippen LogP) is 1.66. The van der Waals surface area contributed by atoms with Crippen LogP contribution < -0.4 is 5.32 Å². The molecular weight excluding hydrogens is 218 g/mol. The van der Waals surface area contributed by atoms with E-state index in [-0.39, 0.29) is 12.5 Å². The second kappa shape index (κ2) is 7.81. The van der Waals surface area contributed by atoms with Crippen LogP contribution in [-0.2, 0) is 16.1 Å². The monoisotopic (exact) mass is 237 g/mol. The summed E-state index contributed by atoms with van der Waals surface area (Å²) < 4.78 is 5.47. The van der Waals surface area contributed by atoms with Crippen molar-refractivity contribution in [1.29, 1.82) is 0 Å². The van der Waals surface area contributed by atoms with E-state index in [0.29, 0.717) is 19.8 Å². The summed E-state index contributed by atoms with van der Waals surface area (Å²) in [6.07, 6.45) is 0.138. The Kier molecular flexibility index (Phi) is 6.29. The lowest BCUT2D eigenvalue weighted by Crippen LogP contribution is -2.31. The highest BCUT2D eigenvalue weighted by Crippen LogP contribution is 1.99. The average Bonchev–Trinajstić information content (AvgIpc) is 2.29. The molecule has 0 radical (unpaired) electrons. The quantitative estimate of drug-likeness (QED) is 0.675. The molecule has 2 N–H and O–H groups in total. The Morgan fingerprint density at radius 1 is 1.41 bits per heavy atom. The maximum atomic E-state index is 10.4. The lowest BCUT2D eigenvalue weighted by atomic mass is 10.2. The zero-order valence-corrected chi connectivity index (χ0v) is 10.1. The summed E-state index contributed by atoms with van der Waals surface area (Å²) in [7, 11) is 0.